The van der Waals surface area contributed by atoms with Crippen molar-refractivity contribution >= 4 is 11.7 Å². The summed E-state index contributed by atoms with van der Waals surface area (Å²) >= 11 is 0. The number of carboxylic acid groups (broad SMARTS) is 1. The smallest absolute Gasteiger partial charge is 0.303 e. The first-order valence-electron chi connectivity index (χ1n) is 11.7. The Morgan fingerprint density at radius 2 is 2.11 bits per heavy atom. The molecule has 4 aromatic rings. The Kier molecular flexibility index (Phi) is 6.65. The van der Waals surface area contributed by atoms with Gasteiger partial charge in [-0.25, -0.2) is 33.1 Å². The lowest BCUT2D eigenvalue weighted by atomic mass is 9.92. The molecule has 13 nitrogen and oxygen atoms in total. The maximum atomic E-state index is 14.4. The van der Waals surface area contributed by atoms with Crippen LogP contribution in [-0.2, 0) is 18.4 Å². The minimum Gasteiger partial charge on any atom is -0.481 e. The zero-order valence-electron chi connectivity index (χ0n) is 20.6. The van der Waals surface area contributed by atoms with Crippen molar-refractivity contribution in [2.45, 2.75) is 32.3 Å². The lowest BCUT2D eigenvalue weighted by molar-refractivity contribution is -0.139. The van der Waals surface area contributed by atoms with E-state index in [0.29, 0.717) is 40.2 Å². The van der Waals surface area contributed by atoms with Crippen LogP contribution in [-0.4, -0.2) is 75.0 Å². The van der Waals surface area contributed by atoms with Crippen LogP contribution in [0.1, 0.15) is 24.2 Å². The number of hydrogen-bond acceptors (Lipinski definition) is 10. The number of pyridine rings is 1. The van der Waals surface area contributed by atoms with Gasteiger partial charge >= 0.3 is 5.97 Å². The molecule has 38 heavy (non-hydrogen) atoms. The number of aliphatic carboxylic acids is 1. The third-order valence-electron chi connectivity index (χ3n) is 6.18. The molecule has 5 rings (SSSR count). The van der Waals surface area contributed by atoms with Gasteiger partial charge in [-0.15, -0.1) is 10.2 Å². The average Bonchev–Trinajstić information content (AvgIpc) is 3.51. The first kappa shape index (κ1) is 25.1. The van der Waals surface area contributed by atoms with Gasteiger partial charge < -0.3 is 14.7 Å². The Morgan fingerprint density at radius 1 is 1.26 bits per heavy atom. The van der Waals surface area contributed by atoms with Crippen molar-refractivity contribution in [2.24, 2.45) is 13.0 Å². The monoisotopic (exact) mass is 526 g/mol. The second-order valence-electron chi connectivity index (χ2n) is 9.06. The standard InChI is InChI=1S/C23H24F2N10O3/c1-14-17(34-10-15(7-21(36)37)9-23(24,25)12-34)4-3-16(29-14)22-18(33(2)32-30-22)11-38-20-8-19(26-13-27-20)35-6-5-28-31-35/h3-6,8,13,15H,7,9-12H2,1-2H3,(H,36,37). The summed E-state index contributed by atoms with van der Waals surface area (Å²) in [5.74, 6) is -3.96. The molecule has 0 spiro atoms. The van der Waals surface area contributed by atoms with Gasteiger partial charge in [0.25, 0.3) is 5.92 Å². The van der Waals surface area contributed by atoms with Crippen molar-refractivity contribution in [3.8, 4) is 23.1 Å². The summed E-state index contributed by atoms with van der Waals surface area (Å²) in [6, 6.07) is 4.99. The average molecular weight is 527 g/mol. The molecule has 0 bridgehead atoms. The number of hydrogen-bond donors (Lipinski definition) is 1. The van der Waals surface area contributed by atoms with Crippen LogP contribution in [0.2, 0.25) is 0 Å². The van der Waals surface area contributed by atoms with Gasteiger partial charge in [-0.2, -0.15) is 0 Å². The van der Waals surface area contributed by atoms with Gasteiger partial charge in [0.2, 0.25) is 5.88 Å². The van der Waals surface area contributed by atoms with Crippen LogP contribution in [0, 0.1) is 12.8 Å². The molecule has 0 saturated carbocycles. The van der Waals surface area contributed by atoms with Crippen molar-refractivity contribution in [3.63, 3.8) is 0 Å². The molecule has 1 aliphatic rings. The minimum atomic E-state index is -2.99. The lowest BCUT2D eigenvalue weighted by Gasteiger charge is -2.39. The number of carboxylic acids is 1. The third kappa shape index (κ3) is 5.40. The maximum absolute atomic E-state index is 14.4. The highest BCUT2D eigenvalue weighted by molar-refractivity contribution is 5.67. The number of alkyl halides is 2. The predicted octanol–water partition coefficient (Wildman–Crippen LogP) is 2.07. The van der Waals surface area contributed by atoms with Gasteiger partial charge in [0.05, 0.1) is 42.4 Å². The van der Waals surface area contributed by atoms with Crippen molar-refractivity contribution in [2.75, 3.05) is 18.0 Å². The molecule has 1 aliphatic heterocycles. The van der Waals surface area contributed by atoms with Crippen LogP contribution in [0.4, 0.5) is 14.5 Å². The second-order valence-corrected chi connectivity index (χ2v) is 9.06. The first-order chi connectivity index (χ1) is 18.2. The highest BCUT2D eigenvalue weighted by atomic mass is 19.3. The van der Waals surface area contributed by atoms with Crippen LogP contribution < -0.4 is 9.64 Å². The minimum absolute atomic E-state index is 0.0737. The summed E-state index contributed by atoms with van der Waals surface area (Å²) in [5, 5.41) is 25.1. The Morgan fingerprint density at radius 3 is 2.84 bits per heavy atom. The molecule has 1 fully saturated rings. The Labute approximate surface area is 215 Å². The van der Waals surface area contributed by atoms with E-state index in [0.717, 1.165) is 0 Å². The number of rotatable bonds is 8. The summed E-state index contributed by atoms with van der Waals surface area (Å²) < 4.78 is 37.7. The SMILES string of the molecule is Cc1nc(-c2nnn(C)c2COc2cc(-n3ccnn3)ncn2)ccc1N1CC(CC(=O)O)CC(F)(F)C1. The van der Waals surface area contributed by atoms with Gasteiger partial charge in [-0.1, -0.05) is 10.4 Å². The zero-order chi connectivity index (χ0) is 26.9. The molecule has 0 aliphatic carbocycles. The number of nitrogens with zero attached hydrogens (tertiary/aromatic N) is 10. The fourth-order valence-corrected chi connectivity index (χ4v) is 4.54. The van der Waals surface area contributed by atoms with E-state index < -0.39 is 30.8 Å². The maximum Gasteiger partial charge on any atom is 0.303 e. The summed E-state index contributed by atoms with van der Waals surface area (Å²) in [5.41, 5.74) is 2.62. The first-order valence-corrected chi connectivity index (χ1v) is 11.7. The van der Waals surface area contributed by atoms with Crippen LogP contribution in [0.5, 0.6) is 5.88 Å². The third-order valence-corrected chi connectivity index (χ3v) is 6.18. The van der Waals surface area contributed by atoms with E-state index in [-0.39, 0.29) is 19.6 Å². The second kappa shape index (κ2) is 10.1. The number of ether oxygens (including phenoxy) is 1. The molecule has 5 heterocycles. The van der Waals surface area contributed by atoms with Crippen LogP contribution in [0.15, 0.2) is 36.9 Å². The van der Waals surface area contributed by atoms with Crippen LogP contribution in [0.3, 0.4) is 0 Å². The molecular weight excluding hydrogens is 502 g/mol. The van der Waals surface area contributed by atoms with Crippen molar-refractivity contribution in [1.29, 1.82) is 0 Å². The van der Waals surface area contributed by atoms with E-state index in [4.69, 9.17) is 9.84 Å². The molecule has 0 aromatic carbocycles. The summed E-state index contributed by atoms with van der Waals surface area (Å²) in [6.45, 7) is 1.51. The topological polar surface area (TPSA) is 150 Å². The molecule has 1 unspecified atom stereocenters. The van der Waals surface area contributed by atoms with E-state index in [1.54, 1.807) is 43.0 Å². The fraction of sp³-hybridized carbons (Fsp3) is 0.391. The van der Waals surface area contributed by atoms with Gasteiger partial charge in [-0.05, 0) is 25.0 Å². The Balaban J connectivity index is 1.35. The largest absolute Gasteiger partial charge is 0.481 e. The van der Waals surface area contributed by atoms with Gasteiger partial charge in [0, 0.05) is 26.1 Å². The number of piperidine rings is 1. The van der Waals surface area contributed by atoms with Crippen LogP contribution >= 0.6 is 0 Å². The highest BCUT2D eigenvalue weighted by Gasteiger charge is 2.41. The molecule has 15 heteroatoms. The Bertz CT molecular complexity index is 1440. The molecule has 4 aromatic heterocycles. The summed E-state index contributed by atoms with van der Waals surface area (Å²) in [6.07, 6.45) is 3.76. The number of carbonyl (C=O) groups is 1. The van der Waals surface area contributed by atoms with Crippen LogP contribution in [0.25, 0.3) is 17.2 Å². The van der Waals surface area contributed by atoms with Crippen molar-refractivity contribution in [3.05, 3.63) is 48.3 Å². The van der Waals surface area contributed by atoms with Crippen molar-refractivity contribution in [1.82, 2.24) is 44.9 Å². The molecule has 0 amide bonds. The molecule has 0 radical (unpaired) electrons. The predicted molar refractivity (Wildman–Crippen MR) is 128 cm³/mol. The normalized spacial score (nSPS) is 16.9. The van der Waals surface area contributed by atoms with Crippen molar-refractivity contribution < 1.29 is 23.4 Å². The van der Waals surface area contributed by atoms with Gasteiger partial charge in [0.1, 0.15) is 24.3 Å². The number of aryl methyl sites for hydroxylation is 2. The van der Waals surface area contributed by atoms with E-state index in [2.05, 4.69) is 35.6 Å². The van der Waals surface area contributed by atoms with Gasteiger partial charge in [-0.3, -0.25) is 4.79 Å². The molecule has 1 N–H and O–H groups in total. The molecule has 198 valence electrons. The number of anilines is 1. The number of halogens is 2. The van der Waals surface area contributed by atoms with E-state index in [1.807, 2.05) is 0 Å². The summed E-state index contributed by atoms with van der Waals surface area (Å²) in [4.78, 5) is 25.5. The van der Waals surface area contributed by atoms with E-state index in [1.165, 1.54) is 22.1 Å². The molecule has 1 atom stereocenters. The number of aromatic nitrogens is 9. The lowest BCUT2D eigenvalue weighted by Crippen LogP contribution is -2.48. The molecular formula is C23H24F2N10O3. The van der Waals surface area contributed by atoms with E-state index >= 15 is 0 Å². The fourth-order valence-electron chi connectivity index (χ4n) is 4.54. The quantitative estimate of drug-likeness (QED) is 0.359. The summed E-state index contributed by atoms with van der Waals surface area (Å²) in [7, 11) is 1.72. The molecule has 1 saturated heterocycles. The highest BCUT2D eigenvalue weighted by Crippen LogP contribution is 2.36. The zero-order valence-corrected chi connectivity index (χ0v) is 20.6. The van der Waals surface area contributed by atoms with Gasteiger partial charge in [0.15, 0.2) is 5.82 Å². The Hall–Kier alpha value is -4.56. The van der Waals surface area contributed by atoms with E-state index in [9.17, 15) is 13.6 Å².